The van der Waals surface area contributed by atoms with Gasteiger partial charge in [-0.05, 0) is 37.5 Å². The van der Waals surface area contributed by atoms with Crippen LogP contribution in [0.25, 0.3) is 0 Å². The highest BCUT2D eigenvalue weighted by atomic mass is 32.2. The second-order valence-corrected chi connectivity index (χ2v) is 7.50. The summed E-state index contributed by atoms with van der Waals surface area (Å²) in [4.78, 5) is 0. The largest absolute Gasteiger partial charge is 0.493 e. The fraction of sp³-hybridized carbons (Fsp3) is 0.571. The SMILES string of the molecule is CS(=O)(=O)CCCOc1ccc(F)cc1CNC1CC1. The highest BCUT2D eigenvalue weighted by molar-refractivity contribution is 7.90. The first kappa shape index (κ1) is 15.3. The minimum absolute atomic E-state index is 0.101. The summed E-state index contributed by atoms with van der Waals surface area (Å²) in [6, 6.07) is 4.95. The maximum Gasteiger partial charge on any atom is 0.147 e. The van der Waals surface area contributed by atoms with Gasteiger partial charge in [0.1, 0.15) is 21.4 Å². The fourth-order valence-electron chi connectivity index (χ4n) is 1.87. The van der Waals surface area contributed by atoms with E-state index in [1.807, 2.05) is 0 Å². The van der Waals surface area contributed by atoms with Gasteiger partial charge >= 0.3 is 0 Å². The molecule has 0 bridgehead atoms. The summed E-state index contributed by atoms with van der Waals surface area (Å²) >= 11 is 0. The van der Waals surface area contributed by atoms with Crippen LogP contribution in [0.3, 0.4) is 0 Å². The Bertz CT molecular complexity index is 556. The van der Waals surface area contributed by atoms with E-state index < -0.39 is 9.84 Å². The molecule has 1 aliphatic carbocycles. The predicted molar refractivity (Wildman–Crippen MR) is 76.1 cm³/mol. The van der Waals surface area contributed by atoms with Gasteiger partial charge in [0.15, 0.2) is 0 Å². The van der Waals surface area contributed by atoms with Gasteiger partial charge in [0.05, 0.1) is 12.4 Å². The van der Waals surface area contributed by atoms with E-state index in [1.54, 1.807) is 6.07 Å². The Labute approximate surface area is 119 Å². The van der Waals surface area contributed by atoms with Crippen LogP contribution in [0.1, 0.15) is 24.8 Å². The average Bonchev–Trinajstić information content (AvgIpc) is 3.16. The summed E-state index contributed by atoms with van der Waals surface area (Å²) in [5.74, 6) is 0.429. The number of hydrogen-bond donors (Lipinski definition) is 1. The molecule has 1 fully saturated rings. The van der Waals surface area contributed by atoms with Crippen LogP contribution in [0.4, 0.5) is 4.39 Å². The lowest BCUT2D eigenvalue weighted by atomic mass is 10.2. The molecule has 6 heteroatoms. The second-order valence-electron chi connectivity index (χ2n) is 5.24. The van der Waals surface area contributed by atoms with Gasteiger partial charge in [0.2, 0.25) is 0 Å². The molecule has 20 heavy (non-hydrogen) atoms. The topological polar surface area (TPSA) is 55.4 Å². The molecule has 1 aliphatic rings. The van der Waals surface area contributed by atoms with Crippen molar-refractivity contribution < 1.29 is 17.5 Å². The summed E-state index contributed by atoms with van der Waals surface area (Å²) in [6.45, 7) is 0.888. The van der Waals surface area contributed by atoms with Crippen molar-refractivity contribution in [3.05, 3.63) is 29.6 Å². The maximum atomic E-state index is 13.3. The van der Waals surface area contributed by atoms with E-state index in [2.05, 4.69) is 5.32 Å². The molecule has 0 unspecified atom stereocenters. The van der Waals surface area contributed by atoms with Crippen molar-refractivity contribution in [1.82, 2.24) is 5.32 Å². The van der Waals surface area contributed by atoms with Crippen molar-refractivity contribution in [2.24, 2.45) is 0 Å². The summed E-state index contributed by atoms with van der Waals surface area (Å²) < 4.78 is 40.9. The van der Waals surface area contributed by atoms with Crippen LogP contribution in [0.15, 0.2) is 18.2 Å². The quantitative estimate of drug-likeness (QED) is 0.745. The maximum absolute atomic E-state index is 13.3. The molecule has 0 aromatic heterocycles. The Hall–Kier alpha value is -1.14. The van der Waals surface area contributed by atoms with Crippen LogP contribution in [0.2, 0.25) is 0 Å². The normalized spacial score (nSPS) is 15.3. The third-order valence-electron chi connectivity index (χ3n) is 3.10. The van der Waals surface area contributed by atoms with E-state index in [1.165, 1.54) is 31.2 Å². The average molecular weight is 301 g/mol. The number of halogens is 1. The van der Waals surface area contributed by atoms with Gasteiger partial charge < -0.3 is 10.1 Å². The van der Waals surface area contributed by atoms with Crippen LogP contribution in [0.5, 0.6) is 5.75 Å². The lowest BCUT2D eigenvalue weighted by molar-refractivity contribution is 0.313. The molecule has 1 aromatic rings. The van der Waals surface area contributed by atoms with Crippen molar-refractivity contribution in [1.29, 1.82) is 0 Å². The highest BCUT2D eigenvalue weighted by Gasteiger charge is 2.20. The van der Waals surface area contributed by atoms with Crippen molar-refractivity contribution >= 4 is 9.84 Å². The van der Waals surface area contributed by atoms with Crippen molar-refractivity contribution in [3.8, 4) is 5.75 Å². The van der Waals surface area contributed by atoms with Gasteiger partial charge in [0, 0.05) is 24.4 Å². The Morgan fingerprint density at radius 2 is 2.15 bits per heavy atom. The predicted octanol–water partition coefficient (Wildman–Crippen LogP) is 1.89. The summed E-state index contributed by atoms with van der Waals surface area (Å²) in [5.41, 5.74) is 0.774. The smallest absolute Gasteiger partial charge is 0.147 e. The minimum atomic E-state index is -2.96. The molecular formula is C14H20FNO3S. The first-order valence-corrected chi connectivity index (χ1v) is 8.82. The molecule has 1 saturated carbocycles. The van der Waals surface area contributed by atoms with E-state index >= 15 is 0 Å². The molecule has 2 rings (SSSR count). The lowest BCUT2D eigenvalue weighted by Gasteiger charge is -2.12. The lowest BCUT2D eigenvalue weighted by Crippen LogP contribution is -2.16. The zero-order chi connectivity index (χ0) is 14.6. The zero-order valence-corrected chi connectivity index (χ0v) is 12.4. The third kappa shape index (κ3) is 5.46. The van der Waals surface area contributed by atoms with E-state index in [4.69, 9.17) is 4.74 Å². The van der Waals surface area contributed by atoms with Crippen molar-refractivity contribution in [3.63, 3.8) is 0 Å². The molecule has 0 amide bonds. The summed E-state index contributed by atoms with van der Waals surface area (Å²) in [7, 11) is -2.96. The number of ether oxygens (including phenoxy) is 1. The number of rotatable bonds is 8. The van der Waals surface area contributed by atoms with E-state index in [0.29, 0.717) is 31.4 Å². The van der Waals surface area contributed by atoms with Gasteiger partial charge in [0.25, 0.3) is 0 Å². The molecule has 1 aromatic carbocycles. The molecule has 112 valence electrons. The van der Waals surface area contributed by atoms with E-state index in [-0.39, 0.29) is 11.6 Å². The Morgan fingerprint density at radius 1 is 1.40 bits per heavy atom. The van der Waals surface area contributed by atoms with Gasteiger partial charge in [-0.2, -0.15) is 0 Å². The van der Waals surface area contributed by atoms with Crippen LogP contribution in [-0.4, -0.2) is 33.1 Å². The number of hydrogen-bond acceptors (Lipinski definition) is 4. The van der Waals surface area contributed by atoms with Gasteiger partial charge in [-0.15, -0.1) is 0 Å². The standard InChI is InChI=1S/C14H20FNO3S/c1-20(17,18)8-2-7-19-14-6-3-12(15)9-11(14)10-16-13-4-5-13/h3,6,9,13,16H,2,4-5,7-8,10H2,1H3. The molecule has 0 heterocycles. The Kier molecular flexibility index (Phi) is 4.99. The third-order valence-corrected chi connectivity index (χ3v) is 4.13. The molecule has 1 N–H and O–H groups in total. The molecule has 0 atom stereocenters. The molecule has 0 saturated heterocycles. The first-order chi connectivity index (χ1) is 9.44. The van der Waals surface area contributed by atoms with Crippen LogP contribution in [0, 0.1) is 5.82 Å². The Morgan fingerprint density at radius 3 is 2.80 bits per heavy atom. The number of benzene rings is 1. The monoisotopic (exact) mass is 301 g/mol. The number of sulfone groups is 1. The van der Waals surface area contributed by atoms with Crippen molar-refractivity contribution in [2.45, 2.75) is 31.8 Å². The summed E-state index contributed by atoms with van der Waals surface area (Å²) in [5, 5.41) is 3.31. The second kappa shape index (κ2) is 6.54. The fourth-order valence-corrected chi connectivity index (χ4v) is 2.51. The van der Waals surface area contributed by atoms with Gasteiger partial charge in [-0.25, -0.2) is 12.8 Å². The minimum Gasteiger partial charge on any atom is -0.493 e. The van der Waals surface area contributed by atoms with Crippen LogP contribution < -0.4 is 10.1 Å². The first-order valence-electron chi connectivity index (χ1n) is 6.76. The zero-order valence-electron chi connectivity index (χ0n) is 11.6. The van der Waals surface area contributed by atoms with Gasteiger partial charge in [-0.3, -0.25) is 0 Å². The molecule has 0 spiro atoms. The Balaban J connectivity index is 1.88. The summed E-state index contributed by atoms with van der Waals surface area (Å²) in [6.07, 6.45) is 3.97. The molecule has 4 nitrogen and oxygen atoms in total. The highest BCUT2D eigenvalue weighted by Crippen LogP contribution is 2.23. The van der Waals surface area contributed by atoms with Crippen molar-refractivity contribution in [2.75, 3.05) is 18.6 Å². The number of nitrogens with one attached hydrogen (secondary N) is 1. The van der Waals surface area contributed by atoms with E-state index in [0.717, 1.165) is 5.56 Å². The molecular weight excluding hydrogens is 281 g/mol. The van der Waals surface area contributed by atoms with Crippen LogP contribution in [-0.2, 0) is 16.4 Å². The molecule has 0 radical (unpaired) electrons. The van der Waals surface area contributed by atoms with Crippen LogP contribution >= 0.6 is 0 Å². The van der Waals surface area contributed by atoms with Gasteiger partial charge in [-0.1, -0.05) is 0 Å². The molecule has 0 aliphatic heterocycles. The van der Waals surface area contributed by atoms with E-state index in [9.17, 15) is 12.8 Å².